The number of benzene rings is 3. The molecule has 0 aromatic heterocycles. The minimum Gasteiger partial charge on any atom is -0.350 e. The van der Waals surface area contributed by atoms with Crippen molar-refractivity contribution in [3.63, 3.8) is 0 Å². The number of nitrogens with zero attached hydrogens (tertiary/aromatic N) is 2. The molecule has 0 aliphatic rings. The molecule has 1 N–H and O–H groups in total. The Morgan fingerprint density at radius 2 is 1.59 bits per heavy atom. The van der Waals surface area contributed by atoms with Crippen LogP contribution in [0, 0.1) is 5.82 Å². The number of hydrogen-bond acceptors (Lipinski definition) is 4. The number of anilines is 1. The van der Waals surface area contributed by atoms with Crippen LogP contribution in [-0.2, 0) is 32.6 Å². The Bertz CT molecular complexity index is 1430. The van der Waals surface area contributed by atoms with Crippen molar-refractivity contribution in [1.82, 2.24) is 10.2 Å². The molecule has 0 radical (unpaired) electrons. The van der Waals surface area contributed by atoms with Crippen molar-refractivity contribution in [2.24, 2.45) is 0 Å². The zero-order valence-corrected chi connectivity index (χ0v) is 25.4. The van der Waals surface area contributed by atoms with Crippen LogP contribution in [0.25, 0.3) is 0 Å². The topological polar surface area (TPSA) is 86.8 Å². The van der Waals surface area contributed by atoms with Crippen LogP contribution in [0.2, 0.25) is 5.02 Å². The van der Waals surface area contributed by atoms with Crippen LogP contribution >= 0.6 is 11.6 Å². The zero-order chi connectivity index (χ0) is 30.2. The van der Waals surface area contributed by atoms with Crippen LogP contribution in [0.15, 0.2) is 78.9 Å². The second-order valence-electron chi connectivity index (χ2n) is 11.0. The van der Waals surface area contributed by atoms with Gasteiger partial charge in [0.2, 0.25) is 21.8 Å². The summed E-state index contributed by atoms with van der Waals surface area (Å²) in [5.74, 6) is -1.07. The molecule has 0 aliphatic carbocycles. The molecule has 0 aliphatic heterocycles. The normalized spacial score (nSPS) is 12.4. The molecule has 0 fully saturated rings. The van der Waals surface area contributed by atoms with Gasteiger partial charge in [-0.05, 0) is 74.7 Å². The monoisotopic (exact) mass is 601 g/mol. The van der Waals surface area contributed by atoms with E-state index in [0.29, 0.717) is 17.1 Å². The maximum Gasteiger partial charge on any atom is 0.243 e. The summed E-state index contributed by atoms with van der Waals surface area (Å²) in [4.78, 5) is 29.0. The number of rotatable bonds is 12. The van der Waals surface area contributed by atoms with Crippen molar-refractivity contribution in [2.45, 2.75) is 58.2 Å². The molecular formula is C31H37ClFN3O4S. The molecule has 41 heavy (non-hydrogen) atoms. The van der Waals surface area contributed by atoms with Gasteiger partial charge in [-0.25, -0.2) is 12.8 Å². The van der Waals surface area contributed by atoms with Crippen LogP contribution < -0.4 is 9.62 Å². The maximum atomic E-state index is 13.8. The molecule has 0 unspecified atom stereocenters. The Morgan fingerprint density at radius 1 is 0.951 bits per heavy atom. The second kappa shape index (κ2) is 14.0. The molecule has 3 aromatic carbocycles. The lowest BCUT2D eigenvalue weighted by atomic mass is 10.00. The molecule has 1 atom stereocenters. The molecule has 0 heterocycles. The van der Waals surface area contributed by atoms with E-state index in [1.54, 1.807) is 23.1 Å². The SMILES string of the molecule is CC(C)(C)NC(=O)[C@H](Cc1ccccc1)N(Cc1cccc(Cl)c1)C(=O)CCCN(c1ccc(F)cc1)S(C)(=O)=O. The number of nitrogens with one attached hydrogen (secondary N) is 1. The Labute approximate surface area is 247 Å². The molecule has 3 aromatic rings. The lowest BCUT2D eigenvalue weighted by Gasteiger charge is -2.34. The van der Waals surface area contributed by atoms with Crippen molar-refractivity contribution >= 4 is 39.1 Å². The fourth-order valence-corrected chi connectivity index (χ4v) is 5.63. The van der Waals surface area contributed by atoms with E-state index in [-0.39, 0.29) is 37.7 Å². The predicted octanol–water partition coefficient (Wildman–Crippen LogP) is 5.58. The Morgan fingerprint density at radius 3 is 2.17 bits per heavy atom. The highest BCUT2D eigenvalue weighted by atomic mass is 35.5. The van der Waals surface area contributed by atoms with E-state index < -0.39 is 27.4 Å². The Hall–Kier alpha value is -3.43. The summed E-state index contributed by atoms with van der Waals surface area (Å²) in [5.41, 5.74) is 1.44. The van der Waals surface area contributed by atoms with Crippen molar-refractivity contribution in [3.05, 3.63) is 101 Å². The van der Waals surface area contributed by atoms with Gasteiger partial charge in [-0.3, -0.25) is 13.9 Å². The van der Waals surface area contributed by atoms with Gasteiger partial charge in [0.25, 0.3) is 0 Å². The number of sulfonamides is 1. The Balaban J connectivity index is 1.90. The van der Waals surface area contributed by atoms with Crippen molar-refractivity contribution in [2.75, 3.05) is 17.1 Å². The number of amides is 2. The standard InChI is InChI=1S/C31H37ClFN3O4S/c1-31(2,3)34-30(38)28(21-23-10-6-5-7-11-23)35(22-24-12-8-13-25(32)20-24)29(37)14-9-19-36(41(4,39)40)27-17-15-26(33)16-18-27/h5-8,10-13,15-18,20,28H,9,14,19,21-22H2,1-4H3,(H,34,38)/t28-/m0/s1. The van der Waals surface area contributed by atoms with E-state index in [1.807, 2.05) is 57.2 Å². The summed E-state index contributed by atoms with van der Waals surface area (Å²) >= 11 is 6.23. The molecular weight excluding hydrogens is 565 g/mol. The minimum atomic E-state index is -3.69. The van der Waals surface area contributed by atoms with Gasteiger partial charge in [-0.2, -0.15) is 0 Å². The van der Waals surface area contributed by atoms with Gasteiger partial charge in [0.05, 0.1) is 11.9 Å². The summed E-state index contributed by atoms with van der Waals surface area (Å²) < 4.78 is 39.6. The quantitative estimate of drug-likeness (QED) is 0.294. The Kier molecular flexibility index (Phi) is 10.9. The third-order valence-corrected chi connectivity index (χ3v) is 7.71. The average molecular weight is 602 g/mol. The van der Waals surface area contributed by atoms with Gasteiger partial charge in [-0.1, -0.05) is 54.1 Å². The van der Waals surface area contributed by atoms with E-state index >= 15 is 0 Å². The summed E-state index contributed by atoms with van der Waals surface area (Å²) in [6.45, 7) is 5.79. The van der Waals surface area contributed by atoms with Gasteiger partial charge >= 0.3 is 0 Å². The first-order valence-corrected chi connectivity index (χ1v) is 15.6. The van der Waals surface area contributed by atoms with Crippen molar-refractivity contribution < 1.29 is 22.4 Å². The molecule has 3 rings (SSSR count). The van der Waals surface area contributed by atoms with Gasteiger partial charge in [0.15, 0.2) is 0 Å². The minimum absolute atomic E-state index is 0.0120. The summed E-state index contributed by atoms with van der Waals surface area (Å²) in [7, 11) is -3.69. The van der Waals surface area contributed by atoms with Crippen LogP contribution in [-0.4, -0.2) is 49.5 Å². The second-order valence-corrected chi connectivity index (χ2v) is 13.4. The molecule has 0 saturated heterocycles. The van der Waals surface area contributed by atoms with Gasteiger partial charge in [0.1, 0.15) is 11.9 Å². The molecule has 220 valence electrons. The largest absolute Gasteiger partial charge is 0.350 e. The predicted molar refractivity (Wildman–Crippen MR) is 162 cm³/mol. The number of hydrogen-bond donors (Lipinski definition) is 1. The third kappa shape index (κ3) is 10.2. The molecule has 0 spiro atoms. The van der Waals surface area contributed by atoms with Gasteiger partial charge < -0.3 is 10.2 Å². The molecule has 10 heteroatoms. The highest BCUT2D eigenvalue weighted by Crippen LogP contribution is 2.22. The van der Waals surface area contributed by atoms with Crippen molar-refractivity contribution in [1.29, 1.82) is 0 Å². The van der Waals surface area contributed by atoms with Crippen LogP contribution in [0.4, 0.5) is 10.1 Å². The smallest absolute Gasteiger partial charge is 0.243 e. The van der Waals surface area contributed by atoms with Crippen LogP contribution in [0.5, 0.6) is 0 Å². The lowest BCUT2D eigenvalue weighted by molar-refractivity contribution is -0.142. The fourth-order valence-electron chi connectivity index (χ4n) is 4.45. The van der Waals surface area contributed by atoms with E-state index in [2.05, 4.69) is 5.32 Å². The zero-order valence-electron chi connectivity index (χ0n) is 23.8. The number of carbonyl (C=O) groups excluding carboxylic acids is 2. The third-order valence-electron chi connectivity index (χ3n) is 6.28. The first-order chi connectivity index (χ1) is 19.2. The number of halogens is 2. The van der Waals surface area contributed by atoms with Crippen LogP contribution in [0.1, 0.15) is 44.7 Å². The summed E-state index contributed by atoms with van der Waals surface area (Å²) in [5, 5.41) is 3.53. The van der Waals surface area contributed by atoms with Crippen LogP contribution in [0.3, 0.4) is 0 Å². The van der Waals surface area contributed by atoms with E-state index in [0.717, 1.165) is 21.7 Å². The maximum absolute atomic E-state index is 13.8. The van der Waals surface area contributed by atoms with Gasteiger partial charge in [0, 0.05) is 36.5 Å². The van der Waals surface area contributed by atoms with Crippen molar-refractivity contribution in [3.8, 4) is 0 Å². The number of carbonyl (C=O) groups is 2. The summed E-state index contributed by atoms with van der Waals surface area (Å²) in [6, 6.07) is 20.9. The van der Waals surface area contributed by atoms with E-state index in [1.165, 1.54) is 24.3 Å². The fraction of sp³-hybridized carbons (Fsp3) is 0.355. The molecule has 7 nitrogen and oxygen atoms in total. The molecule has 2 amide bonds. The highest BCUT2D eigenvalue weighted by Gasteiger charge is 2.32. The van der Waals surface area contributed by atoms with Gasteiger partial charge in [-0.15, -0.1) is 0 Å². The highest BCUT2D eigenvalue weighted by molar-refractivity contribution is 7.92. The first kappa shape index (κ1) is 32.1. The lowest BCUT2D eigenvalue weighted by Crippen LogP contribution is -2.54. The van der Waals surface area contributed by atoms with E-state index in [4.69, 9.17) is 11.6 Å². The van der Waals surface area contributed by atoms with E-state index in [9.17, 15) is 22.4 Å². The summed E-state index contributed by atoms with van der Waals surface area (Å²) in [6.07, 6.45) is 1.53. The molecule has 0 saturated carbocycles. The first-order valence-electron chi connectivity index (χ1n) is 13.4. The molecule has 0 bridgehead atoms. The average Bonchev–Trinajstić information content (AvgIpc) is 2.88.